The van der Waals surface area contributed by atoms with Crippen molar-refractivity contribution in [1.29, 1.82) is 0 Å². The molecule has 0 bridgehead atoms. The van der Waals surface area contributed by atoms with Crippen molar-refractivity contribution in [1.82, 2.24) is 9.78 Å². The van der Waals surface area contributed by atoms with E-state index in [0.29, 0.717) is 23.1 Å². The Morgan fingerprint density at radius 2 is 1.64 bits per heavy atom. The summed E-state index contributed by atoms with van der Waals surface area (Å²) in [4.78, 5) is 12.8. The van der Waals surface area contributed by atoms with Gasteiger partial charge in [0.15, 0.2) is 11.5 Å². The van der Waals surface area contributed by atoms with Gasteiger partial charge in [0, 0.05) is 11.1 Å². The Bertz CT molecular complexity index is 1290. The minimum Gasteiger partial charge on any atom is -0.493 e. The first kappa shape index (κ1) is 21.2. The fourth-order valence-electron chi connectivity index (χ4n) is 4.05. The van der Waals surface area contributed by atoms with E-state index in [9.17, 15) is 4.79 Å². The molecule has 0 radical (unpaired) electrons. The Kier molecular flexibility index (Phi) is 5.79. The van der Waals surface area contributed by atoms with E-state index in [-0.39, 0.29) is 11.2 Å². The highest BCUT2D eigenvalue weighted by molar-refractivity contribution is 8.00. The smallest absolute Gasteiger partial charge is 0.235 e. The van der Waals surface area contributed by atoms with Crippen LogP contribution in [0.5, 0.6) is 11.5 Å². The number of carbonyl (C=O) groups is 1. The number of benzene rings is 3. The number of amides is 1. The lowest BCUT2D eigenvalue weighted by molar-refractivity contribution is -0.113. The molecule has 0 fully saturated rings. The molecule has 0 saturated carbocycles. The first-order valence-electron chi connectivity index (χ1n) is 10.6. The van der Waals surface area contributed by atoms with Crippen LogP contribution >= 0.6 is 11.8 Å². The van der Waals surface area contributed by atoms with Gasteiger partial charge in [-0.3, -0.25) is 4.79 Å². The minimum absolute atomic E-state index is 0.0547. The summed E-state index contributed by atoms with van der Waals surface area (Å²) in [6, 6.07) is 25.8. The molecule has 1 aliphatic heterocycles. The second-order valence-electron chi connectivity index (χ2n) is 7.58. The summed E-state index contributed by atoms with van der Waals surface area (Å²) >= 11 is 1.58. The number of hydrogen-bond acceptors (Lipinski definition) is 5. The normalized spacial score (nSPS) is 15.3. The maximum atomic E-state index is 12.8. The predicted molar refractivity (Wildman–Crippen MR) is 131 cm³/mol. The number of hydrogen-bond donors (Lipinski definition) is 1. The third kappa shape index (κ3) is 3.96. The van der Waals surface area contributed by atoms with Crippen LogP contribution in [0.15, 0.2) is 78.9 Å². The van der Waals surface area contributed by atoms with Crippen molar-refractivity contribution >= 4 is 23.5 Å². The second-order valence-corrected chi connectivity index (χ2v) is 8.67. The zero-order valence-corrected chi connectivity index (χ0v) is 19.1. The van der Waals surface area contributed by atoms with Gasteiger partial charge in [0.1, 0.15) is 5.82 Å². The van der Waals surface area contributed by atoms with Gasteiger partial charge in [0.2, 0.25) is 5.91 Å². The number of aromatic nitrogens is 2. The van der Waals surface area contributed by atoms with E-state index in [2.05, 4.69) is 5.32 Å². The summed E-state index contributed by atoms with van der Waals surface area (Å²) < 4.78 is 12.8. The number of rotatable bonds is 5. The van der Waals surface area contributed by atoms with E-state index in [4.69, 9.17) is 14.6 Å². The number of fused-ring (bicyclic) bond motifs is 1. The molecule has 0 aliphatic carbocycles. The van der Waals surface area contributed by atoms with Crippen molar-refractivity contribution in [3.63, 3.8) is 0 Å². The van der Waals surface area contributed by atoms with Crippen LogP contribution in [0.25, 0.3) is 16.9 Å². The summed E-state index contributed by atoms with van der Waals surface area (Å²) in [6.07, 6.45) is 0. The monoisotopic (exact) mass is 457 g/mol. The Labute approximate surface area is 196 Å². The van der Waals surface area contributed by atoms with Gasteiger partial charge in [-0.15, -0.1) is 11.8 Å². The van der Waals surface area contributed by atoms with E-state index in [1.807, 2.05) is 83.5 Å². The van der Waals surface area contributed by atoms with Crippen molar-refractivity contribution in [2.45, 2.75) is 5.25 Å². The van der Waals surface area contributed by atoms with E-state index in [0.717, 1.165) is 28.1 Å². The molecule has 7 heteroatoms. The summed E-state index contributed by atoms with van der Waals surface area (Å²) in [5.74, 6) is 2.28. The van der Waals surface area contributed by atoms with Gasteiger partial charge in [-0.25, -0.2) is 4.68 Å². The van der Waals surface area contributed by atoms with Gasteiger partial charge in [-0.1, -0.05) is 54.6 Å². The predicted octanol–water partition coefficient (Wildman–Crippen LogP) is 5.33. The van der Waals surface area contributed by atoms with Crippen LogP contribution in [0, 0.1) is 0 Å². The average molecular weight is 458 g/mol. The van der Waals surface area contributed by atoms with Crippen LogP contribution in [-0.2, 0) is 4.79 Å². The molecule has 2 heterocycles. The van der Waals surface area contributed by atoms with Gasteiger partial charge in [-0.2, -0.15) is 5.10 Å². The van der Waals surface area contributed by atoms with Crippen molar-refractivity contribution in [3.05, 3.63) is 90.0 Å². The molecular weight excluding hydrogens is 434 g/mol. The van der Waals surface area contributed by atoms with Crippen LogP contribution in [0.4, 0.5) is 5.82 Å². The van der Waals surface area contributed by atoms with E-state index < -0.39 is 0 Å². The quantitative estimate of drug-likeness (QED) is 0.439. The molecule has 3 aromatic carbocycles. The first-order valence-corrected chi connectivity index (χ1v) is 11.6. The van der Waals surface area contributed by atoms with Gasteiger partial charge < -0.3 is 14.8 Å². The molecule has 166 valence electrons. The third-order valence-electron chi connectivity index (χ3n) is 5.58. The topological polar surface area (TPSA) is 65.4 Å². The maximum absolute atomic E-state index is 12.8. The molecule has 6 nitrogen and oxygen atoms in total. The average Bonchev–Trinajstić information content (AvgIpc) is 3.14. The molecule has 1 aromatic heterocycles. The molecule has 0 spiro atoms. The van der Waals surface area contributed by atoms with Crippen molar-refractivity contribution in [2.24, 2.45) is 0 Å². The lowest BCUT2D eigenvalue weighted by Crippen LogP contribution is -2.15. The fraction of sp³-hybridized carbons (Fsp3) is 0.154. The lowest BCUT2D eigenvalue weighted by atomic mass is 9.99. The molecule has 5 rings (SSSR count). The van der Waals surface area contributed by atoms with Crippen LogP contribution in [0.1, 0.15) is 16.4 Å². The summed E-state index contributed by atoms with van der Waals surface area (Å²) in [5.41, 5.74) is 4.69. The van der Waals surface area contributed by atoms with Crippen molar-refractivity contribution in [3.8, 4) is 28.4 Å². The summed E-state index contributed by atoms with van der Waals surface area (Å²) in [6.45, 7) is 0. The summed E-state index contributed by atoms with van der Waals surface area (Å²) in [7, 11) is 3.25. The molecule has 0 saturated heterocycles. The molecule has 4 aromatic rings. The SMILES string of the molecule is COc1ccc([C@@H]2SCC(=O)Nc3c2c(-c2ccccc2)nn3-c2ccccc2)cc1OC. The van der Waals surface area contributed by atoms with Crippen molar-refractivity contribution < 1.29 is 14.3 Å². The highest BCUT2D eigenvalue weighted by Crippen LogP contribution is 2.48. The Hall–Kier alpha value is -3.71. The lowest BCUT2D eigenvalue weighted by Gasteiger charge is -2.18. The van der Waals surface area contributed by atoms with Gasteiger partial charge in [-0.05, 0) is 29.8 Å². The van der Waals surface area contributed by atoms with Crippen LogP contribution in [-0.4, -0.2) is 35.7 Å². The van der Waals surface area contributed by atoms with Gasteiger partial charge in [0.05, 0.1) is 36.6 Å². The second kappa shape index (κ2) is 9.03. The molecule has 0 unspecified atom stereocenters. The van der Waals surface area contributed by atoms with E-state index >= 15 is 0 Å². The minimum atomic E-state index is -0.133. The number of methoxy groups -OCH3 is 2. The van der Waals surface area contributed by atoms with Gasteiger partial charge >= 0.3 is 0 Å². The molecule has 33 heavy (non-hydrogen) atoms. The number of para-hydroxylation sites is 1. The largest absolute Gasteiger partial charge is 0.493 e. The van der Waals surface area contributed by atoms with Crippen LogP contribution < -0.4 is 14.8 Å². The number of carbonyl (C=O) groups excluding carboxylic acids is 1. The number of nitrogens with one attached hydrogen (secondary N) is 1. The first-order chi connectivity index (χ1) is 16.2. The molecule has 1 amide bonds. The standard InChI is InChI=1S/C26H23N3O3S/c1-31-20-14-13-18(15-21(20)32-2)25-23-24(17-9-5-3-6-10-17)28-29(19-11-7-4-8-12-19)26(23)27-22(30)16-33-25/h3-15,25H,16H2,1-2H3,(H,27,30)/t25-/m0/s1. The Balaban J connectivity index is 1.76. The van der Waals surface area contributed by atoms with Crippen LogP contribution in [0.3, 0.4) is 0 Å². The fourth-order valence-corrected chi connectivity index (χ4v) is 5.17. The number of nitrogens with zero attached hydrogens (tertiary/aromatic N) is 2. The number of anilines is 1. The molecule has 1 aliphatic rings. The van der Waals surface area contributed by atoms with E-state index in [1.165, 1.54) is 0 Å². The zero-order valence-electron chi connectivity index (χ0n) is 18.3. The van der Waals surface area contributed by atoms with Gasteiger partial charge in [0.25, 0.3) is 0 Å². The molecular formula is C26H23N3O3S. The Morgan fingerprint density at radius 3 is 2.33 bits per heavy atom. The Morgan fingerprint density at radius 1 is 0.939 bits per heavy atom. The molecule has 1 atom stereocenters. The number of thioether (sulfide) groups is 1. The van der Waals surface area contributed by atoms with Crippen molar-refractivity contribution in [2.75, 3.05) is 25.3 Å². The van der Waals surface area contributed by atoms with E-state index in [1.54, 1.807) is 26.0 Å². The third-order valence-corrected chi connectivity index (χ3v) is 6.85. The summed E-state index contributed by atoms with van der Waals surface area (Å²) in [5, 5.41) is 7.98. The number of ether oxygens (including phenoxy) is 2. The highest BCUT2D eigenvalue weighted by atomic mass is 32.2. The highest BCUT2D eigenvalue weighted by Gasteiger charge is 2.33. The maximum Gasteiger partial charge on any atom is 0.235 e. The van der Waals surface area contributed by atoms with Crippen LogP contribution in [0.2, 0.25) is 0 Å². The zero-order chi connectivity index (χ0) is 22.8. The molecule has 1 N–H and O–H groups in total.